The summed E-state index contributed by atoms with van der Waals surface area (Å²) in [5.41, 5.74) is 8.29. The van der Waals surface area contributed by atoms with Crippen LogP contribution in [-0.2, 0) is 23.1 Å². The van der Waals surface area contributed by atoms with E-state index < -0.39 is 16.1 Å². The third-order valence-electron chi connectivity index (χ3n) is 8.19. The summed E-state index contributed by atoms with van der Waals surface area (Å²) in [5, 5.41) is 14.3. The molecule has 13 heteroatoms. The molecular formula is C35H48N4O7S2. The molecule has 4 rings (SSSR count). The number of hydrogen-bond donors (Lipinski definition) is 3. The summed E-state index contributed by atoms with van der Waals surface area (Å²) in [5.74, 6) is 3.01. The smallest absolute Gasteiger partial charge is 0.243 e. The van der Waals surface area contributed by atoms with Gasteiger partial charge in [0.05, 0.1) is 25.7 Å². The molecule has 1 atom stereocenters. The number of hydrogen-bond acceptors (Lipinski definition) is 9. The third-order valence-corrected chi connectivity index (χ3v) is 10.6. The van der Waals surface area contributed by atoms with Gasteiger partial charge in [-0.3, -0.25) is 0 Å². The molecule has 1 heterocycles. The van der Waals surface area contributed by atoms with Crippen molar-refractivity contribution < 1.29 is 32.5 Å². The highest BCUT2D eigenvalue weighted by Gasteiger charge is 2.31. The van der Waals surface area contributed by atoms with Crippen LogP contribution in [0.15, 0.2) is 65.6 Å². The molecule has 1 aliphatic heterocycles. The molecule has 0 saturated carbocycles. The van der Waals surface area contributed by atoms with Crippen LogP contribution >= 0.6 is 12.2 Å². The van der Waals surface area contributed by atoms with Gasteiger partial charge in [0.1, 0.15) is 0 Å². The second-order valence-electron chi connectivity index (χ2n) is 12.2. The van der Waals surface area contributed by atoms with Gasteiger partial charge in [0.25, 0.3) is 0 Å². The average molecular weight is 701 g/mol. The summed E-state index contributed by atoms with van der Waals surface area (Å²) < 4.78 is 50.8. The van der Waals surface area contributed by atoms with Gasteiger partial charge in [-0.15, -0.1) is 0 Å². The summed E-state index contributed by atoms with van der Waals surface area (Å²) in [7, 11) is -0.612. The normalized spacial score (nSPS) is 13.1. The van der Waals surface area contributed by atoms with Crippen molar-refractivity contribution in [3.8, 4) is 23.0 Å². The van der Waals surface area contributed by atoms with Crippen molar-refractivity contribution in [1.29, 1.82) is 0 Å². The van der Waals surface area contributed by atoms with Gasteiger partial charge in [-0.1, -0.05) is 32.4 Å². The first-order valence-corrected chi connectivity index (χ1v) is 18.0. The third kappa shape index (κ3) is 9.88. The first kappa shape index (κ1) is 37.0. The zero-order valence-corrected chi connectivity index (χ0v) is 29.8. The van der Waals surface area contributed by atoms with E-state index in [1.165, 1.54) is 16.4 Å². The van der Waals surface area contributed by atoms with Crippen LogP contribution < -0.4 is 30.0 Å². The maximum absolute atomic E-state index is 13.7. The number of fused-ring (bicyclic) bond motifs is 1. The summed E-state index contributed by atoms with van der Waals surface area (Å²) in [6, 6.07) is 17.3. The fourth-order valence-corrected chi connectivity index (χ4v) is 7.35. The largest absolute Gasteiger partial charge is 0.493 e. The van der Waals surface area contributed by atoms with E-state index >= 15 is 0 Å². The summed E-state index contributed by atoms with van der Waals surface area (Å²) in [4.78, 5) is 2.24. The van der Waals surface area contributed by atoms with Gasteiger partial charge >= 0.3 is 0 Å². The minimum atomic E-state index is -3.82. The number of aliphatic hydroxyl groups excluding tert-OH is 1. The van der Waals surface area contributed by atoms with Gasteiger partial charge in [-0.25, -0.2) is 8.42 Å². The van der Waals surface area contributed by atoms with E-state index in [1.54, 1.807) is 26.4 Å². The number of ether oxygens (including phenoxy) is 4. The molecule has 0 radical (unpaired) electrons. The van der Waals surface area contributed by atoms with Crippen molar-refractivity contribution in [3.63, 3.8) is 0 Å². The number of methoxy groups -OCH3 is 2. The van der Waals surface area contributed by atoms with Gasteiger partial charge in [-0.05, 0) is 97.1 Å². The second kappa shape index (κ2) is 17.6. The maximum atomic E-state index is 13.7. The first-order valence-electron chi connectivity index (χ1n) is 16.2. The molecule has 0 aliphatic carbocycles. The zero-order chi connectivity index (χ0) is 34.7. The number of sulfonamides is 1. The number of rotatable bonds is 18. The highest BCUT2D eigenvalue weighted by molar-refractivity contribution is 7.89. The number of unbranched alkanes of at least 4 members (excludes halogenated alkanes) is 1. The standard InChI is InChI=1S/C35H48N4O7S2/c1-25(2)16-18-39(48(41,42)30-12-10-28(36)11-13-30)29(23-40)7-5-6-17-37-35(47)38(21-26-8-14-31(43-3)33(19-26)44-4)22-27-9-15-32-34(20-27)46-24-45-32/h8-15,19-20,25,29,40H,5-7,16-18,21-24,36H2,1-4H3,(H,37,47). The number of anilines is 1. The Bertz CT molecular complexity index is 1600. The van der Waals surface area contributed by atoms with E-state index in [2.05, 4.69) is 24.1 Å². The lowest BCUT2D eigenvalue weighted by Gasteiger charge is -2.30. The topological polar surface area (TPSA) is 136 Å². The van der Waals surface area contributed by atoms with Crippen molar-refractivity contribution in [2.75, 3.05) is 46.4 Å². The molecule has 3 aromatic carbocycles. The number of thiocarbonyl (C=S) groups is 1. The monoisotopic (exact) mass is 700 g/mol. The van der Waals surface area contributed by atoms with Gasteiger partial charge in [0.2, 0.25) is 16.8 Å². The Kier molecular flexibility index (Phi) is 13.6. The highest BCUT2D eigenvalue weighted by atomic mass is 32.2. The van der Waals surface area contributed by atoms with Crippen LogP contribution in [0.2, 0.25) is 0 Å². The Balaban J connectivity index is 1.40. The van der Waals surface area contributed by atoms with Crippen molar-refractivity contribution in [2.24, 2.45) is 5.92 Å². The van der Waals surface area contributed by atoms with Crippen molar-refractivity contribution >= 4 is 33.0 Å². The predicted molar refractivity (Wildman–Crippen MR) is 191 cm³/mol. The van der Waals surface area contributed by atoms with E-state index in [0.717, 1.165) is 23.3 Å². The zero-order valence-electron chi connectivity index (χ0n) is 28.2. The fraction of sp³-hybridized carbons (Fsp3) is 0.457. The lowest BCUT2D eigenvalue weighted by Crippen LogP contribution is -2.43. The Morgan fingerprint density at radius 2 is 1.60 bits per heavy atom. The minimum absolute atomic E-state index is 0.169. The molecule has 0 saturated heterocycles. The molecule has 3 aromatic rings. The van der Waals surface area contributed by atoms with Crippen molar-refractivity contribution in [2.45, 2.75) is 63.6 Å². The van der Waals surface area contributed by atoms with Crippen LogP contribution in [0.4, 0.5) is 5.69 Å². The maximum Gasteiger partial charge on any atom is 0.243 e. The molecular weight excluding hydrogens is 653 g/mol. The number of nitrogens with one attached hydrogen (secondary N) is 1. The fourth-order valence-electron chi connectivity index (χ4n) is 5.46. The quantitative estimate of drug-likeness (QED) is 0.0923. The number of nitrogen functional groups attached to an aromatic ring is 1. The van der Waals surface area contributed by atoms with Crippen molar-refractivity contribution in [1.82, 2.24) is 14.5 Å². The van der Waals surface area contributed by atoms with E-state index in [0.29, 0.717) is 79.4 Å². The molecule has 1 aliphatic rings. The molecule has 262 valence electrons. The van der Waals surface area contributed by atoms with Gasteiger partial charge in [0, 0.05) is 37.9 Å². The number of aliphatic hydroxyl groups is 1. The van der Waals surface area contributed by atoms with Gasteiger partial charge in [-0.2, -0.15) is 4.31 Å². The number of nitrogens with zero attached hydrogens (tertiary/aromatic N) is 2. The SMILES string of the molecule is COc1ccc(CN(Cc2ccc3c(c2)OCO3)C(=S)NCCCCC(CO)N(CCC(C)C)S(=O)(=O)c2ccc(N)cc2)cc1OC. The van der Waals surface area contributed by atoms with Crippen LogP contribution in [-0.4, -0.2) is 74.6 Å². The van der Waals surface area contributed by atoms with Crippen LogP contribution in [0.3, 0.4) is 0 Å². The molecule has 0 amide bonds. The Morgan fingerprint density at radius 3 is 2.27 bits per heavy atom. The number of nitrogens with two attached hydrogens (primary N) is 1. The molecule has 0 bridgehead atoms. The van der Waals surface area contributed by atoms with Crippen LogP contribution in [0.1, 0.15) is 50.7 Å². The van der Waals surface area contributed by atoms with Gasteiger partial charge in [0.15, 0.2) is 28.1 Å². The lowest BCUT2D eigenvalue weighted by atomic mass is 10.1. The van der Waals surface area contributed by atoms with Crippen molar-refractivity contribution in [3.05, 3.63) is 71.8 Å². The predicted octanol–water partition coefficient (Wildman–Crippen LogP) is 5.16. The Labute approximate surface area is 290 Å². The summed E-state index contributed by atoms with van der Waals surface area (Å²) in [6.07, 6.45) is 2.60. The second-order valence-corrected chi connectivity index (χ2v) is 14.4. The molecule has 0 fully saturated rings. The van der Waals surface area contributed by atoms with Crippen LogP contribution in [0.5, 0.6) is 23.0 Å². The molecule has 4 N–H and O–H groups in total. The molecule has 11 nitrogen and oxygen atoms in total. The molecule has 1 unspecified atom stereocenters. The van der Waals surface area contributed by atoms with Gasteiger partial charge < -0.3 is 40.0 Å². The molecule has 48 heavy (non-hydrogen) atoms. The minimum Gasteiger partial charge on any atom is -0.493 e. The van der Waals surface area contributed by atoms with Crippen LogP contribution in [0, 0.1) is 5.92 Å². The first-order chi connectivity index (χ1) is 23.0. The summed E-state index contributed by atoms with van der Waals surface area (Å²) in [6.45, 7) is 5.98. The van der Waals surface area contributed by atoms with E-state index in [1.807, 2.05) is 36.4 Å². The number of benzene rings is 3. The lowest BCUT2D eigenvalue weighted by molar-refractivity contribution is 0.172. The summed E-state index contributed by atoms with van der Waals surface area (Å²) >= 11 is 5.89. The van der Waals surface area contributed by atoms with Crippen LogP contribution in [0.25, 0.3) is 0 Å². The molecule has 0 spiro atoms. The average Bonchev–Trinajstić information content (AvgIpc) is 3.55. The van der Waals surface area contributed by atoms with E-state index in [4.69, 9.17) is 36.9 Å². The molecule has 0 aromatic heterocycles. The van der Waals surface area contributed by atoms with E-state index in [9.17, 15) is 13.5 Å². The Hall–Kier alpha value is -3.78. The van der Waals surface area contributed by atoms with E-state index in [-0.39, 0.29) is 18.3 Å². The Morgan fingerprint density at radius 1 is 0.938 bits per heavy atom. The highest BCUT2D eigenvalue weighted by Crippen LogP contribution is 2.33.